The Morgan fingerprint density at radius 1 is 0.838 bits per heavy atom. The normalized spacial score (nSPS) is 16.5. The molecule has 1 amide bonds. The monoisotopic (exact) mass is 503 g/mol. The lowest BCUT2D eigenvalue weighted by atomic mass is 9.94. The van der Waals surface area contributed by atoms with Crippen molar-refractivity contribution in [3.63, 3.8) is 0 Å². The lowest BCUT2D eigenvalue weighted by Gasteiger charge is -2.26. The quantitative estimate of drug-likeness (QED) is 0.246. The van der Waals surface area contributed by atoms with Crippen molar-refractivity contribution in [2.45, 2.75) is 19.9 Å². The Bertz CT molecular complexity index is 1330. The summed E-state index contributed by atoms with van der Waals surface area (Å²) < 4.78 is 22.0. The Balaban J connectivity index is 1.92. The summed E-state index contributed by atoms with van der Waals surface area (Å²) in [6, 6.07) is 17.8. The van der Waals surface area contributed by atoms with Crippen molar-refractivity contribution in [1.82, 2.24) is 0 Å². The number of Topliss-reactive ketones (excluding diaryl/α,β-unsaturated/α-hetero) is 1. The number of ketones is 1. The van der Waals surface area contributed by atoms with E-state index >= 15 is 0 Å². The van der Waals surface area contributed by atoms with E-state index in [1.165, 1.54) is 19.1 Å². The minimum atomic E-state index is -0.927. The van der Waals surface area contributed by atoms with Crippen LogP contribution in [0.4, 0.5) is 5.69 Å². The number of carbonyl (C=O) groups excluding carboxylic acids is 2. The number of ether oxygens (including phenoxy) is 4. The van der Waals surface area contributed by atoms with Gasteiger partial charge in [-0.25, -0.2) is 0 Å². The highest BCUT2D eigenvalue weighted by atomic mass is 16.5. The van der Waals surface area contributed by atoms with Crippen LogP contribution in [0.25, 0.3) is 5.76 Å². The van der Waals surface area contributed by atoms with Gasteiger partial charge in [0.15, 0.2) is 11.5 Å². The van der Waals surface area contributed by atoms with Crippen LogP contribution in [0.2, 0.25) is 0 Å². The Morgan fingerprint density at radius 3 is 2.22 bits per heavy atom. The van der Waals surface area contributed by atoms with Crippen LogP contribution in [0.15, 0.2) is 72.3 Å². The maximum Gasteiger partial charge on any atom is 0.300 e. The van der Waals surface area contributed by atoms with E-state index < -0.39 is 17.7 Å². The molecule has 37 heavy (non-hydrogen) atoms. The van der Waals surface area contributed by atoms with E-state index in [2.05, 4.69) is 0 Å². The van der Waals surface area contributed by atoms with Crippen molar-refractivity contribution in [1.29, 1.82) is 0 Å². The molecule has 0 aliphatic carbocycles. The standard InChI is InChI=1S/C29H29NO7/c1-5-36-21-13-10-18(11-14-21)27(31)25-26(19-12-15-23(35-4)24(16-19)37-6-2)30(29(33)28(25)32)20-8-7-9-22(17-20)34-3/h7-17,26,31H,5-6H2,1-4H3/b27-25-. The van der Waals surface area contributed by atoms with Crippen molar-refractivity contribution >= 4 is 23.1 Å². The topological polar surface area (TPSA) is 94.5 Å². The molecule has 1 heterocycles. The van der Waals surface area contributed by atoms with Gasteiger partial charge in [0.2, 0.25) is 0 Å². The molecule has 1 saturated heterocycles. The molecule has 3 aromatic rings. The maximum absolute atomic E-state index is 13.4. The van der Waals surface area contributed by atoms with Crippen LogP contribution < -0.4 is 23.8 Å². The van der Waals surface area contributed by atoms with Gasteiger partial charge in [-0.2, -0.15) is 0 Å². The van der Waals surface area contributed by atoms with E-state index in [1.807, 2.05) is 13.8 Å². The van der Waals surface area contributed by atoms with Gasteiger partial charge in [-0.3, -0.25) is 14.5 Å². The number of anilines is 1. The number of hydrogen-bond donors (Lipinski definition) is 1. The van der Waals surface area contributed by atoms with Crippen molar-refractivity contribution < 1.29 is 33.6 Å². The van der Waals surface area contributed by atoms with E-state index in [1.54, 1.807) is 66.7 Å². The number of rotatable bonds is 9. The lowest BCUT2D eigenvalue weighted by molar-refractivity contribution is -0.132. The summed E-state index contributed by atoms with van der Waals surface area (Å²) in [5, 5.41) is 11.4. The van der Waals surface area contributed by atoms with Crippen LogP contribution >= 0.6 is 0 Å². The number of aliphatic hydroxyl groups excluding tert-OH is 1. The van der Waals surface area contributed by atoms with E-state index in [0.717, 1.165) is 0 Å². The first-order valence-electron chi connectivity index (χ1n) is 11.9. The Morgan fingerprint density at radius 2 is 1.57 bits per heavy atom. The molecule has 8 heteroatoms. The van der Waals surface area contributed by atoms with Crippen molar-refractivity contribution in [3.05, 3.63) is 83.4 Å². The summed E-state index contributed by atoms with van der Waals surface area (Å²) in [4.78, 5) is 28.2. The third-order valence-electron chi connectivity index (χ3n) is 6.02. The van der Waals surface area contributed by atoms with Gasteiger partial charge >= 0.3 is 0 Å². The molecule has 4 rings (SSSR count). The summed E-state index contributed by atoms with van der Waals surface area (Å²) in [6.07, 6.45) is 0. The van der Waals surface area contributed by atoms with Gasteiger partial charge in [0.25, 0.3) is 11.7 Å². The first kappa shape index (κ1) is 25.6. The minimum absolute atomic E-state index is 0.0374. The molecular weight excluding hydrogens is 474 g/mol. The SMILES string of the molecule is CCOc1ccc(/C(O)=C2/C(=O)C(=O)N(c3cccc(OC)c3)C2c2ccc(OC)c(OCC)c2)cc1. The first-order chi connectivity index (χ1) is 17.9. The summed E-state index contributed by atoms with van der Waals surface area (Å²) in [5.74, 6) is 0.270. The zero-order chi connectivity index (χ0) is 26.5. The number of benzene rings is 3. The van der Waals surface area contributed by atoms with Crippen LogP contribution in [0.5, 0.6) is 23.0 Å². The summed E-state index contributed by atoms with van der Waals surface area (Å²) >= 11 is 0. The molecule has 0 saturated carbocycles. The predicted molar refractivity (Wildman–Crippen MR) is 140 cm³/mol. The van der Waals surface area contributed by atoms with Gasteiger partial charge in [0.1, 0.15) is 17.3 Å². The van der Waals surface area contributed by atoms with Gasteiger partial charge < -0.3 is 24.1 Å². The molecule has 0 spiro atoms. The number of amides is 1. The van der Waals surface area contributed by atoms with E-state index in [-0.39, 0.29) is 11.3 Å². The van der Waals surface area contributed by atoms with E-state index in [4.69, 9.17) is 18.9 Å². The van der Waals surface area contributed by atoms with Gasteiger partial charge in [-0.1, -0.05) is 12.1 Å². The molecular formula is C29H29NO7. The third kappa shape index (κ3) is 4.95. The fourth-order valence-corrected chi connectivity index (χ4v) is 4.34. The maximum atomic E-state index is 13.4. The molecule has 1 aliphatic rings. The summed E-state index contributed by atoms with van der Waals surface area (Å²) in [7, 11) is 3.06. The molecule has 1 fully saturated rings. The Kier molecular flexibility index (Phi) is 7.67. The van der Waals surface area contributed by atoms with E-state index in [9.17, 15) is 14.7 Å². The van der Waals surface area contributed by atoms with Crippen molar-refractivity contribution in [2.75, 3.05) is 32.3 Å². The highest BCUT2D eigenvalue weighted by Crippen LogP contribution is 2.44. The van der Waals surface area contributed by atoms with Gasteiger partial charge in [0.05, 0.1) is 39.0 Å². The second-order valence-corrected chi connectivity index (χ2v) is 8.17. The molecule has 1 atom stereocenters. The van der Waals surface area contributed by atoms with Crippen LogP contribution in [-0.4, -0.2) is 44.2 Å². The fraction of sp³-hybridized carbons (Fsp3) is 0.241. The molecule has 3 aromatic carbocycles. The molecule has 0 radical (unpaired) electrons. The summed E-state index contributed by atoms with van der Waals surface area (Å²) in [6.45, 7) is 4.61. The highest BCUT2D eigenvalue weighted by molar-refractivity contribution is 6.51. The Labute approximate surface area is 215 Å². The second kappa shape index (κ2) is 11.1. The van der Waals surface area contributed by atoms with E-state index in [0.29, 0.717) is 53.0 Å². The van der Waals surface area contributed by atoms with Crippen LogP contribution in [0, 0.1) is 0 Å². The summed E-state index contributed by atoms with van der Waals surface area (Å²) in [5.41, 5.74) is 1.37. The number of hydrogen-bond acceptors (Lipinski definition) is 7. The van der Waals surface area contributed by atoms with Crippen molar-refractivity contribution in [3.8, 4) is 23.0 Å². The molecule has 1 aliphatic heterocycles. The molecule has 0 bridgehead atoms. The number of nitrogens with zero attached hydrogens (tertiary/aromatic N) is 1. The zero-order valence-electron chi connectivity index (χ0n) is 21.2. The molecule has 192 valence electrons. The van der Waals surface area contributed by atoms with Gasteiger partial charge in [0, 0.05) is 17.3 Å². The molecule has 0 aromatic heterocycles. The molecule has 8 nitrogen and oxygen atoms in total. The lowest BCUT2D eigenvalue weighted by Crippen LogP contribution is -2.29. The molecule has 1 unspecified atom stereocenters. The van der Waals surface area contributed by atoms with Gasteiger partial charge in [-0.15, -0.1) is 0 Å². The minimum Gasteiger partial charge on any atom is -0.507 e. The van der Waals surface area contributed by atoms with Crippen LogP contribution in [0.1, 0.15) is 31.0 Å². The van der Waals surface area contributed by atoms with Gasteiger partial charge in [-0.05, 0) is 67.9 Å². The molecule has 1 N–H and O–H groups in total. The average Bonchev–Trinajstić information content (AvgIpc) is 3.19. The smallest absolute Gasteiger partial charge is 0.300 e. The fourth-order valence-electron chi connectivity index (χ4n) is 4.34. The van der Waals surface area contributed by atoms with Crippen molar-refractivity contribution in [2.24, 2.45) is 0 Å². The zero-order valence-corrected chi connectivity index (χ0v) is 21.2. The number of carbonyl (C=O) groups is 2. The number of methoxy groups -OCH3 is 2. The highest BCUT2D eigenvalue weighted by Gasteiger charge is 2.47. The Hall–Kier alpha value is -4.46. The predicted octanol–water partition coefficient (Wildman–Crippen LogP) is 5.13. The number of aliphatic hydroxyl groups is 1. The first-order valence-corrected chi connectivity index (χ1v) is 11.9. The van der Waals surface area contributed by atoms with Crippen LogP contribution in [-0.2, 0) is 9.59 Å². The average molecular weight is 504 g/mol. The van der Waals surface area contributed by atoms with Crippen LogP contribution in [0.3, 0.4) is 0 Å². The third-order valence-corrected chi connectivity index (χ3v) is 6.02. The largest absolute Gasteiger partial charge is 0.507 e. The second-order valence-electron chi connectivity index (χ2n) is 8.17.